The molecule has 24 heteroatoms. The van der Waals surface area contributed by atoms with Gasteiger partial charge in [0, 0.05) is 18.0 Å². The van der Waals surface area contributed by atoms with Gasteiger partial charge in [0.05, 0.1) is 44.7 Å². The van der Waals surface area contributed by atoms with Gasteiger partial charge in [0.15, 0.2) is 23.6 Å². The summed E-state index contributed by atoms with van der Waals surface area (Å²) in [4.78, 5) is 44.0. The van der Waals surface area contributed by atoms with E-state index in [4.69, 9.17) is 44.4 Å². The molecule has 3 aliphatic rings. The second-order valence-electron chi connectivity index (χ2n) is 12.1. The van der Waals surface area contributed by atoms with E-state index in [1.54, 1.807) is 19.9 Å². The van der Waals surface area contributed by atoms with Crippen molar-refractivity contribution in [1.82, 2.24) is 29.5 Å². The standard InChI is InChI=1S/C27H33F2N9O9P2S2/c1-13(2)24(39)36-27-35-23-20(25(40)37-27)33-12-38(23)26-22-19(29)16(45-26)10-43-48(41,50)46-21-14(9-44-49(51,47-22)42-7-3-5-30)8-15(18(21)28)34-17-4-6-31-11-32-17/h4,6,11-16,18-19,21-22,26H,3,7-10H2,1-2H3,(H,41,50)(H,31,32,34)(H2,35,36,37,39,40)/t14-,15-,16-,18+,19-,21-,22-,26-,48?,49?/m1/s1. The van der Waals surface area contributed by atoms with E-state index in [0.717, 1.165) is 6.33 Å². The third-order valence-corrected chi connectivity index (χ3v) is 12.2. The second-order valence-corrected chi connectivity index (χ2v) is 17.9. The molecule has 0 aromatic carbocycles. The van der Waals surface area contributed by atoms with Gasteiger partial charge in [-0.15, -0.1) is 0 Å². The highest BCUT2D eigenvalue weighted by Gasteiger charge is 2.53. The van der Waals surface area contributed by atoms with Crippen molar-refractivity contribution in [2.75, 3.05) is 30.5 Å². The first-order valence-corrected chi connectivity index (χ1v) is 20.9. The van der Waals surface area contributed by atoms with Crippen LogP contribution in [0.5, 0.6) is 0 Å². The maximum Gasteiger partial charge on any atom is 0.386 e. The normalized spacial score (nSPS) is 34.2. The van der Waals surface area contributed by atoms with Crippen LogP contribution in [-0.4, -0.2) is 91.9 Å². The Kier molecular flexibility index (Phi) is 11.5. The molecule has 6 rings (SSSR count). The molecule has 3 N–H and O–H groups in total. The predicted octanol–water partition coefficient (Wildman–Crippen LogP) is 3.59. The van der Waals surface area contributed by atoms with Gasteiger partial charge < -0.3 is 19.1 Å². The molecular formula is C27H33F2N9O9P2S2. The molecule has 51 heavy (non-hydrogen) atoms. The quantitative estimate of drug-likeness (QED) is 0.145. The zero-order chi connectivity index (χ0) is 36.5. The first-order chi connectivity index (χ1) is 24.3. The number of rotatable bonds is 8. The van der Waals surface area contributed by atoms with Gasteiger partial charge in [-0.3, -0.25) is 38.0 Å². The van der Waals surface area contributed by atoms with Gasteiger partial charge in [-0.05, 0) is 24.3 Å². The van der Waals surface area contributed by atoms with E-state index in [1.807, 2.05) is 6.07 Å². The van der Waals surface area contributed by atoms with Crippen LogP contribution in [0.4, 0.5) is 20.5 Å². The summed E-state index contributed by atoms with van der Waals surface area (Å²) in [6.45, 7) is -6.41. The fourth-order valence-electron chi connectivity index (χ4n) is 5.68. The Bertz CT molecular complexity index is 1940. The summed E-state index contributed by atoms with van der Waals surface area (Å²) >= 11 is 9.76. The minimum absolute atomic E-state index is 0.0671. The van der Waals surface area contributed by atoms with Crippen molar-refractivity contribution in [1.29, 1.82) is 5.26 Å². The number of hydrogen-bond donors (Lipinski definition) is 4. The lowest BCUT2D eigenvalue weighted by Gasteiger charge is -2.30. The number of nitrogens with one attached hydrogen (secondary N) is 3. The minimum atomic E-state index is -4.38. The molecule has 0 spiro atoms. The molecule has 1 amide bonds. The van der Waals surface area contributed by atoms with E-state index >= 15 is 8.78 Å². The van der Waals surface area contributed by atoms with Crippen LogP contribution >= 0.6 is 25.8 Å². The van der Waals surface area contributed by atoms with Crippen molar-refractivity contribution in [3.63, 3.8) is 0 Å². The topological polar surface area (TPSA) is 227 Å². The van der Waals surface area contributed by atoms with Crippen LogP contribution in [0.25, 0.3) is 11.2 Å². The summed E-state index contributed by atoms with van der Waals surface area (Å²) in [6.07, 6.45) is -5.98. The zero-order valence-corrected chi connectivity index (χ0v) is 30.4. The number of hydrogen-bond acceptors (Lipinski definition) is 16. The lowest BCUT2D eigenvalue weighted by molar-refractivity contribution is -0.118. The molecule has 2 saturated heterocycles. The Morgan fingerprint density at radius 1 is 1.25 bits per heavy atom. The van der Waals surface area contributed by atoms with Crippen LogP contribution in [0, 0.1) is 23.2 Å². The van der Waals surface area contributed by atoms with Crippen molar-refractivity contribution in [3.05, 3.63) is 35.3 Å². The SMILES string of the molecule is CC(C)C(=O)Nc1nc2c(ncn2[C@@H]2O[C@@H]3COP(=O)(S)O[C@@H]4[C@@H](COP(=S)(OCCC#N)O[C@@H]2[C@@H]3F)C[C@@H](Nc2ccncn2)[C@@H]4F)c(=O)[nH]1. The van der Waals surface area contributed by atoms with E-state index in [0.29, 0.717) is 5.82 Å². The van der Waals surface area contributed by atoms with E-state index in [9.17, 15) is 14.2 Å². The Morgan fingerprint density at radius 2 is 2.06 bits per heavy atom. The summed E-state index contributed by atoms with van der Waals surface area (Å²) in [5, 5.41) is 14.6. The molecule has 5 heterocycles. The number of alkyl halides is 2. The van der Waals surface area contributed by atoms with Gasteiger partial charge >= 0.3 is 13.5 Å². The number of nitrogens with zero attached hydrogens (tertiary/aromatic N) is 6. The van der Waals surface area contributed by atoms with Crippen molar-refractivity contribution in [3.8, 4) is 6.07 Å². The Labute approximate surface area is 299 Å². The maximum absolute atomic E-state index is 16.4. The summed E-state index contributed by atoms with van der Waals surface area (Å²) in [7, 11) is 0. The predicted molar refractivity (Wildman–Crippen MR) is 182 cm³/mol. The Balaban J connectivity index is 1.34. The first kappa shape index (κ1) is 37.8. The summed E-state index contributed by atoms with van der Waals surface area (Å²) in [6, 6.07) is 2.57. The Morgan fingerprint density at radius 3 is 2.78 bits per heavy atom. The molecule has 2 bridgehead atoms. The number of fused-ring (bicyclic) bond motifs is 4. The second kappa shape index (κ2) is 15.6. The molecule has 18 nitrogen and oxygen atoms in total. The number of carbonyl (C=O) groups excluding carboxylic acids is 1. The van der Waals surface area contributed by atoms with Gasteiger partial charge in [-0.1, -0.05) is 26.1 Å². The number of halogens is 2. The van der Waals surface area contributed by atoms with E-state index in [1.165, 1.54) is 17.1 Å². The van der Waals surface area contributed by atoms with E-state index in [2.05, 4.69) is 47.8 Å². The van der Waals surface area contributed by atoms with Crippen molar-refractivity contribution >= 4 is 66.4 Å². The highest BCUT2D eigenvalue weighted by Crippen LogP contribution is 2.60. The number of aromatic nitrogens is 6. The summed E-state index contributed by atoms with van der Waals surface area (Å²) in [5.74, 6) is -1.58. The minimum Gasteiger partial charge on any atom is -0.364 e. The first-order valence-electron chi connectivity index (χ1n) is 15.6. The molecule has 3 aromatic rings. The smallest absolute Gasteiger partial charge is 0.364 e. The van der Waals surface area contributed by atoms with Crippen molar-refractivity contribution in [2.24, 2.45) is 11.8 Å². The van der Waals surface area contributed by atoms with Gasteiger partial charge in [-0.25, -0.2) is 28.3 Å². The van der Waals surface area contributed by atoms with E-state index in [-0.39, 0.29) is 43.2 Å². The molecule has 10 atom stereocenters. The fraction of sp³-hybridized carbons (Fsp3) is 0.593. The molecule has 276 valence electrons. The zero-order valence-electron chi connectivity index (χ0n) is 26.9. The highest BCUT2D eigenvalue weighted by molar-refractivity contribution is 8.44. The van der Waals surface area contributed by atoms with Gasteiger partial charge in [0.1, 0.15) is 36.6 Å². The number of amides is 1. The maximum atomic E-state index is 16.4. The molecule has 2 aliphatic heterocycles. The molecule has 1 aliphatic carbocycles. The molecule has 3 fully saturated rings. The van der Waals surface area contributed by atoms with Crippen LogP contribution in [0.2, 0.25) is 0 Å². The number of imidazole rings is 1. The lowest BCUT2D eigenvalue weighted by Crippen LogP contribution is -2.34. The Hall–Kier alpha value is -2.96. The van der Waals surface area contributed by atoms with Crippen LogP contribution < -0.4 is 16.2 Å². The largest absolute Gasteiger partial charge is 0.386 e. The number of carbonyl (C=O) groups is 1. The molecule has 3 aromatic heterocycles. The number of ether oxygens (including phenoxy) is 1. The average Bonchev–Trinajstić information content (AvgIpc) is 3.73. The monoisotopic (exact) mass is 791 g/mol. The van der Waals surface area contributed by atoms with Gasteiger partial charge in [0.25, 0.3) is 5.56 Å². The molecule has 1 saturated carbocycles. The number of thiol groups is 1. The van der Waals surface area contributed by atoms with E-state index < -0.39 is 86.4 Å². The van der Waals surface area contributed by atoms with Crippen LogP contribution in [0.3, 0.4) is 0 Å². The number of nitriles is 1. The van der Waals surface area contributed by atoms with Gasteiger partial charge in [0.2, 0.25) is 11.9 Å². The average molecular weight is 792 g/mol. The molecule has 2 unspecified atom stereocenters. The van der Waals surface area contributed by atoms with Gasteiger partial charge in [-0.2, -0.15) is 10.2 Å². The highest BCUT2D eigenvalue weighted by atomic mass is 32.7. The van der Waals surface area contributed by atoms with Crippen LogP contribution in [-0.2, 0) is 48.5 Å². The number of H-pyrrole nitrogens is 1. The van der Waals surface area contributed by atoms with Crippen LogP contribution in [0.15, 0.2) is 29.7 Å². The summed E-state index contributed by atoms with van der Waals surface area (Å²) in [5.41, 5.74) is -0.991. The summed E-state index contributed by atoms with van der Waals surface area (Å²) < 4.78 is 82.0. The third kappa shape index (κ3) is 8.49. The van der Waals surface area contributed by atoms with Crippen molar-refractivity contribution < 1.29 is 45.5 Å². The van der Waals surface area contributed by atoms with Crippen molar-refractivity contribution in [2.45, 2.75) is 69.6 Å². The number of anilines is 2. The third-order valence-electron chi connectivity index (χ3n) is 8.19. The fourth-order valence-corrected chi connectivity index (χ4v) is 9.31. The van der Waals surface area contributed by atoms with Crippen LogP contribution in [0.1, 0.15) is 32.9 Å². The molecule has 0 radical (unpaired) electrons. The lowest BCUT2D eigenvalue weighted by atomic mass is 10.1. The molecular weight excluding hydrogens is 758 g/mol. The number of aromatic amines is 1.